The molecule has 0 radical (unpaired) electrons. The lowest BCUT2D eigenvalue weighted by molar-refractivity contribution is 0.446. The molecule has 4 nitrogen and oxygen atoms in total. The quantitative estimate of drug-likeness (QED) is 0.869. The van der Waals surface area contributed by atoms with Gasteiger partial charge in [-0.25, -0.2) is 8.42 Å². The zero-order valence-corrected chi connectivity index (χ0v) is 11.3. The molecule has 1 heterocycles. The van der Waals surface area contributed by atoms with E-state index in [1.54, 1.807) is 0 Å². The largest absolute Gasteiger partial charge is 0.507 e. The Balaban J connectivity index is 1.97. The van der Waals surface area contributed by atoms with E-state index in [1.165, 1.54) is 0 Å². The smallest absolute Gasteiger partial charge is 0.151 e. The molecule has 1 aliphatic rings. The third-order valence-corrected chi connectivity index (χ3v) is 5.19. The average molecular weight is 269 g/mol. The number of aromatic hydroxyl groups is 1. The maximum atomic E-state index is 11.5. The number of para-hydroxylation sites is 1. The van der Waals surface area contributed by atoms with Crippen molar-refractivity contribution in [2.75, 3.05) is 11.5 Å². The minimum Gasteiger partial charge on any atom is -0.507 e. The fourth-order valence-electron chi connectivity index (χ4n) is 2.30. The molecule has 18 heavy (non-hydrogen) atoms. The number of phenolic OH excluding ortho intramolecular Hbond substituents is 1. The SMILES string of the molecule is Cc1cccc(CNC2CCCS(=O)(=O)C2)c1O. The fraction of sp³-hybridized carbons (Fsp3) is 0.538. The van der Waals surface area contributed by atoms with Crippen LogP contribution in [-0.4, -0.2) is 31.1 Å². The first-order chi connectivity index (χ1) is 8.48. The first-order valence-electron chi connectivity index (χ1n) is 6.19. The highest BCUT2D eigenvalue weighted by Gasteiger charge is 2.24. The summed E-state index contributed by atoms with van der Waals surface area (Å²) in [6.07, 6.45) is 1.60. The Morgan fingerprint density at radius 1 is 1.44 bits per heavy atom. The predicted molar refractivity (Wildman–Crippen MR) is 71.4 cm³/mol. The molecule has 1 saturated heterocycles. The van der Waals surface area contributed by atoms with E-state index in [0.29, 0.717) is 18.0 Å². The van der Waals surface area contributed by atoms with Crippen LogP contribution in [-0.2, 0) is 16.4 Å². The molecule has 5 heteroatoms. The Hall–Kier alpha value is -1.07. The molecule has 0 aromatic heterocycles. The van der Waals surface area contributed by atoms with Crippen LogP contribution in [0.2, 0.25) is 0 Å². The summed E-state index contributed by atoms with van der Waals surface area (Å²) in [5.41, 5.74) is 1.66. The maximum Gasteiger partial charge on any atom is 0.151 e. The van der Waals surface area contributed by atoms with Gasteiger partial charge in [-0.1, -0.05) is 18.2 Å². The first-order valence-corrected chi connectivity index (χ1v) is 8.01. The van der Waals surface area contributed by atoms with Crippen molar-refractivity contribution in [1.82, 2.24) is 5.32 Å². The Kier molecular flexibility index (Phi) is 3.92. The van der Waals surface area contributed by atoms with Gasteiger partial charge in [-0.2, -0.15) is 0 Å². The highest BCUT2D eigenvalue weighted by atomic mass is 32.2. The van der Waals surface area contributed by atoms with Crippen molar-refractivity contribution in [3.63, 3.8) is 0 Å². The lowest BCUT2D eigenvalue weighted by Crippen LogP contribution is -2.39. The molecule has 0 aliphatic carbocycles. The molecule has 1 fully saturated rings. The summed E-state index contributed by atoms with van der Waals surface area (Å²) in [5.74, 6) is 0.809. The number of phenols is 1. The molecular formula is C13H19NO3S. The molecule has 1 aliphatic heterocycles. The van der Waals surface area contributed by atoms with Crippen molar-refractivity contribution >= 4 is 9.84 Å². The third-order valence-electron chi connectivity index (χ3n) is 3.37. The molecule has 0 spiro atoms. The highest BCUT2D eigenvalue weighted by Crippen LogP contribution is 2.21. The minimum absolute atomic E-state index is 0.00339. The maximum absolute atomic E-state index is 11.5. The van der Waals surface area contributed by atoms with Gasteiger partial charge in [-0.05, 0) is 25.3 Å². The van der Waals surface area contributed by atoms with E-state index in [-0.39, 0.29) is 11.8 Å². The van der Waals surface area contributed by atoms with Gasteiger partial charge in [0, 0.05) is 18.2 Å². The van der Waals surface area contributed by atoms with Gasteiger partial charge in [0.1, 0.15) is 5.75 Å². The van der Waals surface area contributed by atoms with Crippen LogP contribution < -0.4 is 5.32 Å². The molecule has 1 unspecified atom stereocenters. The fourth-order valence-corrected chi connectivity index (χ4v) is 3.97. The number of nitrogens with one attached hydrogen (secondary N) is 1. The second-order valence-corrected chi connectivity index (χ2v) is 7.15. The summed E-state index contributed by atoms with van der Waals surface area (Å²) in [6.45, 7) is 2.36. The van der Waals surface area contributed by atoms with Gasteiger partial charge in [-0.3, -0.25) is 0 Å². The molecule has 1 atom stereocenters. The third kappa shape index (κ3) is 3.23. The summed E-state index contributed by atoms with van der Waals surface area (Å²) in [5, 5.41) is 13.1. The van der Waals surface area contributed by atoms with Gasteiger partial charge in [0.2, 0.25) is 0 Å². The van der Waals surface area contributed by atoms with Gasteiger partial charge in [0.25, 0.3) is 0 Å². The van der Waals surface area contributed by atoms with Crippen LogP contribution in [0.1, 0.15) is 24.0 Å². The molecular weight excluding hydrogens is 250 g/mol. The van der Waals surface area contributed by atoms with Crippen molar-refractivity contribution in [3.05, 3.63) is 29.3 Å². The number of hydrogen-bond donors (Lipinski definition) is 2. The second kappa shape index (κ2) is 5.28. The van der Waals surface area contributed by atoms with Crippen LogP contribution in [0.3, 0.4) is 0 Å². The molecule has 100 valence electrons. The summed E-state index contributed by atoms with van der Waals surface area (Å²) >= 11 is 0. The van der Waals surface area contributed by atoms with Crippen LogP contribution in [0.15, 0.2) is 18.2 Å². The number of rotatable bonds is 3. The van der Waals surface area contributed by atoms with E-state index in [9.17, 15) is 13.5 Å². The minimum atomic E-state index is -2.88. The normalized spacial score (nSPS) is 22.8. The zero-order valence-electron chi connectivity index (χ0n) is 10.5. The van der Waals surface area contributed by atoms with Gasteiger partial charge < -0.3 is 10.4 Å². The Bertz CT molecular complexity index is 525. The number of aryl methyl sites for hydroxylation is 1. The van der Waals surface area contributed by atoms with Gasteiger partial charge in [-0.15, -0.1) is 0 Å². The Morgan fingerprint density at radius 3 is 2.94 bits per heavy atom. The number of sulfone groups is 1. The highest BCUT2D eigenvalue weighted by molar-refractivity contribution is 7.91. The van der Waals surface area contributed by atoms with Crippen LogP contribution in [0.25, 0.3) is 0 Å². The van der Waals surface area contributed by atoms with Crippen LogP contribution >= 0.6 is 0 Å². The topological polar surface area (TPSA) is 66.4 Å². The van der Waals surface area contributed by atoms with Gasteiger partial charge >= 0.3 is 0 Å². The zero-order chi connectivity index (χ0) is 13.2. The van der Waals surface area contributed by atoms with Crippen molar-refractivity contribution in [2.45, 2.75) is 32.4 Å². The van der Waals surface area contributed by atoms with Gasteiger partial charge in [0.15, 0.2) is 9.84 Å². The van der Waals surface area contributed by atoms with E-state index in [2.05, 4.69) is 5.32 Å². The van der Waals surface area contributed by atoms with Crippen molar-refractivity contribution in [1.29, 1.82) is 0 Å². The van der Waals surface area contributed by atoms with Crippen LogP contribution in [0, 0.1) is 6.92 Å². The standard InChI is InChI=1S/C13H19NO3S/c1-10-4-2-5-11(13(10)15)8-14-12-6-3-7-18(16,17)9-12/h2,4-5,12,14-15H,3,6-9H2,1H3. The lowest BCUT2D eigenvalue weighted by Gasteiger charge is -2.23. The van der Waals surface area contributed by atoms with E-state index in [0.717, 1.165) is 24.0 Å². The molecule has 0 bridgehead atoms. The predicted octanol–water partition coefficient (Wildman–Crippen LogP) is 1.37. The molecule has 1 aromatic rings. The van der Waals surface area contributed by atoms with E-state index in [4.69, 9.17) is 0 Å². The summed E-state index contributed by atoms with van der Waals surface area (Å²) < 4.78 is 23.0. The second-order valence-electron chi connectivity index (χ2n) is 4.92. The molecule has 1 aromatic carbocycles. The first kappa shape index (κ1) is 13.4. The number of hydrogen-bond acceptors (Lipinski definition) is 4. The molecule has 0 amide bonds. The average Bonchev–Trinajstić information content (AvgIpc) is 2.30. The Labute approximate surface area is 108 Å². The van der Waals surface area contributed by atoms with Gasteiger partial charge in [0.05, 0.1) is 11.5 Å². The van der Waals surface area contributed by atoms with E-state index < -0.39 is 9.84 Å². The summed E-state index contributed by atoms with van der Waals surface area (Å²) in [6, 6.07) is 5.60. The van der Waals surface area contributed by atoms with Crippen LogP contribution in [0.4, 0.5) is 0 Å². The lowest BCUT2D eigenvalue weighted by atomic mass is 10.1. The van der Waals surface area contributed by atoms with Crippen molar-refractivity contribution < 1.29 is 13.5 Å². The molecule has 0 saturated carbocycles. The van der Waals surface area contributed by atoms with Crippen molar-refractivity contribution in [2.24, 2.45) is 0 Å². The number of benzene rings is 1. The van der Waals surface area contributed by atoms with E-state index >= 15 is 0 Å². The molecule has 2 N–H and O–H groups in total. The van der Waals surface area contributed by atoms with Crippen molar-refractivity contribution in [3.8, 4) is 5.75 Å². The summed E-state index contributed by atoms with van der Waals surface area (Å²) in [4.78, 5) is 0. The van der Waals surface area contributed by atoms with E-state index in [1.807, 2.05) is 25.1 Å². The summed E-state index contributed by atoms with van der Waals surface area (Å²) in [7, 11) is -2.88. The molecule has 2 rings (SSSR count). The Morgan fingerprint density at radius 2 is 2.22 bits per heavy atom. The van der Waals surface area contributed by atoms with Crippen LogP contribution in [0.5, 0.6) is 5.75 Å². The monoisotopic (exact) mass is 269 g/mol.